The van der Waals surface area contributed by atoms with Crippen molar-refractivity contribution in [3.8, 4) is 0 Å². The van der Waals surface area contributed by atoms with Crippen LogP contribution in [0, 0.1) is 5.82 Å². The Labute approximate surface area is 146 Å². The summed E-state index contributed by atoms with van der Waals surface area (Å²) in [7, 11) is 0. The molecule has 0 aromatic heterocycles. The molecule has 0 bridgehead atoms. The van der Waals surface area contributed by atoms with E-state index in [0.29, 0.717) is 17.7 Å². The first kappa shape index (κ1) is 18.5. The number of benzene rings is 2. The van der Waals surface area contributed by atoms with Crippen LogP contribution < -0.4 is 5.32 Å². The lowest BCUT2D eigenvalue weighted by atomic mass is 10.1. The number of thioether (sulfide) groups is 1. The largest absolute Gasteiger partial charge is 0.396 e. The van der Waals surface area contributed by atoms with E-state index in [4.69, 9.17) is 5.11 Å². The molecule has 3 nitrogen and oxygen atoms in total. The third kappa shape index (κ3) is 5.35. The van der Waals surface area contributed by atoms with E-state index in [1.165, 1.54) is 17.8 Å². The van der Waals surface area contributed by atoms with Gasteiger partial charge in [0.25, 0.3) is 0 Å². The average Bonchev–Trinajstić information content (AvgIpc) is 2.60. The van der Waals surface area contributed by atoms with E-state index in [2.05, 4.69) is 5.32 Å². The van der Waals surface area contributed by atoms with Crippen LogP contribution in [-0.2, 0) is 4.79 Å². The van der Waals surface area contributed by atoms with Crippen LogP contribution in [0.25, 0.3) is 0 Å². The molecule has 2 rings (SSSR count). The predicted molar refractivity (Wildman–Crippen MR) is 95.4 cm³/mol. The highest BCUT2D eigenvalue weighted by molar-refractivity contribution is 8.00. The fraction of sp³-hybridized carbons (Fsp3) is 0.316. The van der Waals surface area contributed by atoms with Crippen LogP contribution in [0.3, 0.4) is 0 Å². The summed E-state index contributed by atoms with van der Waals surface area (Å²) in [5, 5.41) is 11.3. The monoisotopic (exact) mass is 347 g/mol. The molecule has 0 aliphatic rings. The molecule has 1 amide bonds. The van der Waals surface area contributed by atoms with E-state index in [1.54, 1.807) is 18.2 Å². The number of aliphatic hydroxyl groups excluding tert-OH is 1. The first-order valence-corrected chi connectivity index (χ1v) is 8.87. The Bertz CT molecular complexity index is 651. The summed E-state index contributed by atoms with van der Waals surface area (Å²) in [6.45, 7) is 2.01. The zero-order chi connectivity index (χ0) is 17.4. The Hall–Kier alpha value is -1.85. The molecule has 24 heavy (non-hydrogen) atoms. The van der Waals surface area contributed by atoms with Crippen LogP contribution in [0.1, 0.15) is 30.6 Å². The van der Waals surface area contributed by atoms with Crippen molar-refractivity contribution in [2.75, 3.05) is 6.61 Å². The second kappa shape index (κ2) is 9.45. The average molecular weight is 347 g/mol. The highest BCUT2D eigenvalue weighted by Crippen LogP contribution is 2.36. The Morgan fingerprint density at radius 1 is 1.17 bits per heavy atom. The lowest BCUT2D eigenvalue weighted by Crippen LogP contribution is -2.35. The summed E-state index contributed by atoms with van der Waals surface area (Å²) in [4.78, 5) is 13.2. The van der Waals surface area contributed by atoms with Gasteiger partial charge in [0.1, 0.15) is 11.1 Å². The molecule has 0 fully saturated rings. The molecule has 0 heterocycles. The smallest absolute Gasteiger partial charge is 0.238 e. The molecule has 0 spiro atoms. The van der Waals surface area contributed by atoms with Gasteiger partial charge in [0.2, 0.25) is 5.91 Å². The van der Waals surface area contributed by atoms with Gasteiger partial charge in [-0.05, 0) is 37.5 Å². The van der Waals surface area contributed by atoms with Crippen molar-refractivity contribution in [2.24, 2.45) is 0 Å². The number of rotatable bonds is 8. The summed E-state index contributed by atoms with van der Waals surface area (Å²) in [6, 6.07) is 15.8. The molecule has 2 N–H and O–H groups in total. The van der Waals surface area contributed by atoms with Crippen LogP contribution in [0.15, 0.2) is 59.5 Å². The molecular formula is C19H22FNO2S. The molecule has 0 saturated heterocycles. The molecule has 5 heteroatoms. The maximum absolute atomic E-state index is 14.0. The van der Waals surface area contributed by atoms with E-state index in [-0.39, 0.29) is 24.4 Å². The van der Waals surface area contributed by atoms with Crippen molar-refractivity contribution in [2.45, 2.75) is 36.0 Å². The fourth-order valence-electron chi connectivity index (χ4n) is 2.36. The highest BCUT2D eigenvalue weighted by Gasteiger charge is 2.24. The lowest BCUT2D eigenvalue weighted by molar-refractivity contribution is -0.121. The lowest BCUT2D eigenvalue weighted by Gasteiger charge is -2.20. The van der Waals surface area contributed by atoms with Gasteiger partial charge in [0.15, 0.2) is 0 Å². The first-order valence-electron chi connectivity index (χ1n) is 7.99. The number of nitrogens with one attached hydrogen (secondary N) is 1. The van der Waals surface area contributed by atoms with Crippen LogP contribution in [0.5, 0.6) is 0 Å². The van der Waals surface area contributed by atoms with Gasteiger partial charge >= 0.3 is 0 Å². The number of carbonyl (C=O) groups excluding carboxylic acids is 1. The van der Waals surface area contributed by atoms with E-state index in [1.807, 2.05) is 37.3 Å². The molecule has 128 valence electrons. The van der Waals surface area contributed by atoms with Gasteiger partial charge in [0, 0.05) is 17.5 Å². The van der Waals surface area contributed by atoms with Crippen LogP contribution in [0.2, 0.25) is 0 Å². The standard InChI is InChI=1S/C19H22FNO2S/c1-14(8-7-13-22)21-19(23)18(15-9-3-2-4-10-15)24-17-12-6-5-11-16(17)20/h2-6,9-12,14,18,22H,7-8,13H2,1H3,(H,21,23). The molecule has 2 atom stereocenters. The van der Waals surface area contributed by atoms with Gasteiger partial charge < -0.3 is 10.4 Å². The molecule has 2 unspecified atom stereocenters. The van der Waals surface area contributed by atoms with Crippen molar-refractivity contribution in [1.82, 2.24) is 5.32 Å². The van der Waals surface area contributed by atoms with E-state index in [0.717, 1.165) is 5.56 Å². The topological polar surface area (TPSA) is 49.3 Å². The van der Waals surface area contributed by atoms with Crippen molar-refractivity contribution < 1.29 is 14.3 Å². The SMILES string of the molecule is CC(CCCO)NC(=O)C(Sc1ccccc1F)c1ccccc1. The number of hydrogen-bond acceptors (Lipinski definition) is 3. The Kier molecular flexibility index (Phi) is 7.28. The van der Waals surface area contributed by atoms with Crippen molar-refractivity contribution in [1.29, 1.82) is 0 Å². The highest BCUT2D eigenvalue weighted by atomic mass is 32.2. The minimum atomic E-state index is -0.528. The summed E-state index contributed by atoms with van der Waals surface area (Å²) < 4.78 is 14.0. The summed E-state index contributed by atoms with van der Waals surface area (Å²) in [6.07, 6.45) is 1.34. The third-order valence-corrected chi connectivity index (χ3v) is 4.91. The Morgan fingerprint density at radius 3 is 2.50 bits per heavy atom. The predicted octanol–water partition coefficient (Wildman–Crippen LogP) is 3.94. The number of amides is 1. The van der Waals surface area contributed by atoms with Gasteiger partial charge in [0.05, 0.1) is 0 Å². The van der Waals surface area contributed by atoms with Gasteiger partial charge in [-0.3, -0.25) is 4.79 Å². The van der Waals surface area contributed by atoms with Crippen LogP contribution in [0.4, 0.5) is 4.39 Å². The first-order chi connectivity index (χ1) is 11.6. The van der Waals surface area contributed by atoms with Crippen molar-refractivity contribution in [3.63, 3.8) is 0 Å². The maximum Gasteiger partial charge on any atom is 0.238 e. The van der Waals surface area contributed by atoms with Gasteiger partial charge in [-0.1, -0.05) is 42.5 Å². The second-order valence-corrected chi connectivity index (χ2v) is 6.76. The van der Waals surface area contributed by atoms with Crippen molar-refractivity contribution >= 4 is 17.7 Å². The normalized spacial score (nSPS) is 13.3. The third-order valence-electron chi connectivity index (χ3n) is 3.61. The number of halogens is 1. The number of carbonyl (C=O) groups is 1. The summed E-state index contributed by atoms with van der Waals surface area (Å²) in [5.41, 5.74) is 0.831. The van der Waals surface area contributed by atoms with Crippen LogP contribution in [-0.4, -0.2) is 23.7 Å². The second-order valence-electron chi connectivity index (χ2n) is 5.61. The molecule has 0 aliphatic carbocycles. The quantitative estimate of drug-likeness (QED) is 0.711. The van der Waals surface area contributed by atoms with E-state index < -0.39 is 5.25 Å². The van der Waals surface area contributed by atoms with Crippen molar-refractivity contribution in [3.05, 3.63) is 66.0 Å². The number of hydrogen-bond donors (Lipinski definition) is 2. The van der Waals surface area contributed by atoms with Gasteiger partial charge in [-0.15, -0.1) is 11.8 Å². The molecule has 2 aromatic rings. The van der Waals surface area contributed by atoms with Gasteiger partial charge in [-0.25, -0.2) is 4.39 Å². The maximum atomic E-state index is 14.0. The molecule has 0 saturated carbocycles. The van der Waals surface area contributed by atoms with Crippen LogP contribution >= 0.6 is 11.8 Å². The molecule has 0 radical (unpaired) electrons. The zero-order valence-electron chi connectivity index (χ0n) is 13.6. The number of aliphatic hydroxyl groups is 1. The summed E-state index contributed by atoms with van der Waals surface area (Å²) in [5.74, 6) is -0.482. The van der Waals surface area contributed by atoms with E-state index >= 15 is 0 Å². The summed E-state index contributed by atoms with van der Waals surface area (Å²) >= 11 is 1.21. The van der Waals surface area contributed by atoms with E-state index in [9.17, 15) is 9.18 Å². The molecule has 2 aromatic carbocycles. The molecule has 0 aliphatic heterocycles. The van der Waals surface area contributed by atoms with Gasteiger partial charge in [-0.2, -0.15) is 0 Å². The fourth-order valence-corrected chi connectivity index (χ4v) is 3.42. The minimum Gasteiger partial charge on any atom is -0.396 e. The Morgan fingerprint density at radius 2 is 1.83 bits per heavy atom. The minimum absolute atomic E-state index is 0.0444. The Balaban J connectivity index is 2.17. The zero-order valence-corrected chi connectivity index (χ0v) is 14.4. The molecular weight excluding hydrogens is 325 g/mol.